The lowest BCUT2D eigenvalue weighted by atomic mass is 9.75. The van der Waals surface area contributed by atoms with Gasteiger partial charge < -0.3 is 19.9 Å². The number of benzene rings is 2. The molecule has 2 aromatic rings. The van der Waals surface area contributed by atoms with E-state index < -0.39 is 11.5 Å². The van der Waals surface area contributed by atoms with Gasteiger partial charge in [0.1, 0.15) is 11.3 Å². The number of methoxy groups -OCH3 is 1. The normalized spacial score (nSPS) is 23.2. The Kier molecular flexibility index (Phi) is 6.51. The van der Waals surface area contributed by atoms with Crippen LogP contribution in [0.5, 0.6) is 5.75 Å². The fourth-order valence-electron chi connectivity index (χ4n) is 4.72. The van der Waals surface area contributed by atoms with Gasteiger partial charge in [-0.05, 0) is 60.9 Å². The minimum absolute atomic E-state index is 0.366. The molecule has 1 aliphatic carbocycles. The lowest BCUT2D eigenvalue weighted by molar-refractivity contribution is -0.146. The molecule has 2 aliphatic rings. The van der Waals surface area contributed by atoms with Crippen LogP contribution >= 0.6 is 0 Å². The van der Waals surface area contributed by atoms with E-state index in [0.717, 1.165) is 43.6 Å². The van der Waals surface area contributed by atoms with E-state index in [2.05, 4.69) is 24.4 Å². The maximum Gasteiger partial charge on any atom is 0.329 e. The Morgan fingerprint density at radius 2 is 1.91 bits per heavy atom. The molecule has 0 spiro atoms. The molecule has 2 fully saturated rings. The number of hydrogen-bond acceptors (Lipinski definition) is 4. The Morgan fingerprint density at radius 1 is 1.16 bits per heavy atom. The van der Waals surface area contributed by atoms with Gasteiger partial charge in [-0.15, -0.1) is 0 Å². The van der Waals surface area contributed by atoms with Gasteiger partial charge in [0.25, 0.3) is 5.91 Å². The summed E-state index contributed by atoms with van der Waals surface area (Å²) in [7, 11) is 1.60. The summed E-state index contributed by atoms with van der Waals surface area (Å²) in [6.07, 6.45) is 3.59. The van der Waals surface area contributed by atoms with Crippen molar-refractivity contribution >= 4 is 11.9 Å². The van der Waals surface area contributed by atoms with Crippen LogP contribution < -0.4 is 10.1 Å². The van der Waals surface area contributed by atoms with Crippen molar-refractivity contribution in [1.82, 2.24) is 5.32 Å². The number of aliphatic carboxylic acids is 1. The van der Waals surface area contributed by atoms with E-state index in [1.54, 1.807) is 25.3 Å². The van der Waals surface area contributed by atoms with Crippen LogP contribution in [0.4, 0.5) is 0 Å². The number of carboxylic acid groups (broad SMARTS) is 1. The number of ether oxygens (including phenoxy) is 2. The number of nitrogens with one attached hydrogen (secondary N) is 1. The van der Waals surface area contributed by atoms with Crippen LogP contribution in [0, 0.1) is 5.92 Å². The van der Waals surface area contributed by atoms with Crippen LogP contribution in [-0.2, 0) is 9.53 Å². The smallest absolute Gasteiger partial charge is 0.329 e. The first-order chi connectivity index (χ1) is 15.5. The molecule has 2 aromatic carbocycles. The fraction of sp³-hybridized carbons (Fsp3) is 0.462. The lowest BCUT2D eigenvalue weighted by Crippen LogP contribution is -2.56. The molecule has 1 saturated carbocycles. The molecular formula is C26H31NO5. The fourth-order valence-corrected chi connectivity index (χ4v) is 4.72. The van der Waals surface area contributed by atoms with Crippen molar-refractivity contribution in [3.8, 4) is 16.9 Å². The quantitative estimate of drug-likeness (QED) is 0.660. The molecule has 1 saturated heterocycles. The van der Waals surface area contributed by atoms with Crippen molar-refractivity contribution in [3.63, 3.8) is 0 Å². The van der Waals surface area contributed by atoms with Gasteiger partial charge >= 0.3 is 5.97 Å². The molecule has 6 nitrogen and oxygen atoms in total. The highest BCUT2D eigenvalue weighted by atomic mass is 16.5. The molecule has 1 amide bonds. The summed E-state index contributed by atoms with van der Waals surface area (Å²) in [5.41, 5.74) is 2.19. The van der Waals surface area contributed by atoms with Crippen LogP contribution in [0.2, 0.25) is 0 Å². The third-order valence-electron chi connectivity index (χ3n) is 7.07. The molecule has 2 N–H and O–H groups in total. The number of carbonyl (C=O) groups is 2. The topological polar surface area (TPSA) is 84.9 Å². The second-order valence-corrected chi connectivity index (χ2v) is 8.97. The maximum absolute atomic E-state index is 13.2. The van der Waals surface area contributed by atoms with Crippen LogP contribution in [0.3, 0.4) is 0 Å². The van der Waals surface area contributed by atoms with Gasteiger partial charge in [-0.1, -0.05) is 37.6 Å². The molecule has 0 bridgehead atoms. The predicted molar refractivity (Wildman–Crippen MR) is 122 cm³/mol. The van der Waals surface area contributed by atoms with E-state index in [1.807, 2.05) is 12.1 Å². The summed E-state index contributed by atoms with van der Waals surface area (Å²) in [4.78, 5) is 25.3. The summed E-state index contributed by atoms with van der Waals surface area (Å²) in [6, 6.07) is 13.4. The average molecular weight is 438 g/mol. The molecule has 1 aliphatic heterocycles. The van der Waals surface area contributed by atoms with Gasteiger partial charge in [0.2, 0.25) is 0 Å². The first-order valence-corrected chi connectivity index (χ1v) is 11.4. The first-order valence-electron chi connectivity index (χ1n) is 11.4. The molecule has 0 aromatic heterocycles. The van der Waals surface area contributed by atoms with Gasteiger partial charge in [-0.25, -0.2) is 4.79 Å². The summed E-state index contributed by atoms with van der Waals surface area (Å²) < 4.78 is 10.9. The maximum atomic E-state index is 13.2. The van der Waals surface area contributed by atoms with Gasteiger partial charge in [0.05, 0.1) is 20.3 Å². The zero-order chi connectivity index (χ0) is 22.7. The van der Waals surface area contributed by atoms with E-state index in [9.17, 15) is 14.7 Å². The molecule has 32 heavy (non-hydrogen) atoms. The molecule has 6 heteroatoms. The summed E-state index contributed by atoms with van der Waals surface area (Å²) >= 11 is 0. The average Bonchev–Trinajstić information content (AvgIpc) is 2.78. The van der Waals surface area contributed by atoms with Crippen molar-refractivity contribution in [2.45, 2.75) is 50.5 Å². The van der Waals surface area contributed by atoms with Crippen molar-refractivity contribution in [2.24, 2.45) is 5.92 Å². The van der Waals surface area contributed by atoms with Crippen LogP contribution in [-0.4, -0.2) is 42.8 Å². The van der Waals surface area contributed by atoms with Crippen LogP contribution in [0.25, 0.3) is 11.1 Å². The molecule has 0 unspecified atom stereocenters. The van der Waals surface area contributed by atoms with E-state index in [0.29, 0.717) is 36.0 Å². The first kappa shape index (κ1) is 22.3. The monoisotopic (exact) mass is 437 g/mol. The predicted octanol–water partition coefficient (Wildman–Crippen LogP) is 4.63. The minimum Gasteiger partial charge on any atom is -0.496 e. The number of carbonyl (C=O) groups excluding carboxylic acids is 1. The van der Waals surface area contributed by atoms with Crippen molar-refractivity contribution in [3.05, 3.63) is 53.6 Å². The number of hydrogen-bond donors (Lipinski definition) is 2. The zero-order valence-corrected chi connectivity index (χ0v) is 18.7. The highest BCUT2D eigenvalue weighted by Gasteiger charge is 2.43. The number of rotatable bonds is 7. The van der Waals surface area contributed by atoms with E-state index in [4.69, 9.17) is 9.47 Å². The summed E-state index contributed by atoms with van der Waals surface area (Å²) in [6.45, 7) is 3.57. The van der Waals surface area contributed by atoms with Crippen LogP contribution in [0.15, 0.2) is 42.5 Å². The van der Waals surface area contributed by atoms with Crippen LogP contribution in [0.1, 0.15) is 60.9 Å². The summed E-state index contributed by atoms with van der Waals surface area (Å²) in [5.74, 6) is 0.265. The second-order valence-electron chi connectivity index (χ2n) is 8.97. The highest BCUT2D eigenvalue weighted by Crippen LogP contribution is 2.36. The van der Waals surface area contributed by atoms with E-state index in [-0.39, 0.29) is 5.91 Å². The highest BCUT2D eigenvalue weighted by molar-refractivity contribution is 5.99. The number of amides is 1. The molecule has 4 rings (SSSR count). The van der Waals surface area contributed by atoms with Gasteiger partial charge in [0.15, 0.2) is 0 Å². The van der Waals surface area contributed by atoms with Gasteiger partial charge in [-0.3, -0.25) is 4.79 Å². The molecule has 0 atom stereocenters. The Morgan fingerprint density at radius 3 is 2.50 bits per heavy atom. The largest absolute Gasteiger partial charge is 0.496 e. The minimum atomic E-state index is -1.20. The standard InChI is InChI=1S/C26H31NO5/c1-3-17-9-11-26(12-10-17,25(29)30)27-24(28)20-7-8-23(31-2)22(14-20)19-6-4-5-18(13-19)21-15-32-16-21/h4-8,13-14,17,21H,3,9-12,15-16H2,1-2H3,(H,27,28)(H,29,30)/t17-,26+. The summed E-state index contributed by atoms with van der Waals surface area (Å²) in [5, 5.41) is 12.8. The molecule has 1 heterocycles. The molecule has 0 radical (unpaired) electrons. The lowest BCUT2D eigenvalue weighted by Gasteiger charge is -2.37. The van der Waals surface area contributed by atoms with Gasteiger partial charge in [0, 0.05) is 17.0 Å². The Labute approximate surface area is 188 Å². The second kappa shape index (κ2) is 9.33. The number of carboxylic acids is 1. The van der Waals surface area contributed by atoms with Gasteiger partial charge in [-0.2, -0.15) is 0 Å². The van der Waals surface area contributed by atoms with E-state index in [1.165, 1.54) is 5.56 Å². The SMILES string of the molecule is CC[C@H]1CC[C@](NC(=O)c2ccc(OC)c(-c3cccc(C4COC4)c3)c2)(C(=O)O)CC1. The molecule has 170 valence electrons. The van der Waals surface area contributed by atoms with Crippen molar-refractivity contribution in [2.75, 3.05) is 20.3 Å². The Bertz CT molecular complexity index is 989. The Hall–Kier alpha value is -2.86. The Balaban J connectivity index is 1.60. The third kappa shape index (κ3) is 4.37. The van der Waals surface area contributed by atoms with E-state index >= 15 is 0 Å². The van der Waals surface area contributed by atoms with Crippen molar-refractivity contribution in [1.29, 1.82) is 0 Å². The molecular weight excluding hydrogens is 406 g/mol. The third-order valence-corrected chi connectivity index (χ3v) is 7.07. The van der Waals surface area contributed by atoms with Crippen molar-refractivity contribution < 1.29 is 24.2 Å². The zero-order valence-electron chi connectivity index (χ0n) is 18.7.